The summed E-state index contributed by atoms with van der Waals surface area (Å²) in [5, 5.41) is 2.83. The maximum absolute atomic E-state index is 13.2. The van der Waals surface area contributed by atoms with Gasteiger partial charge in [0, 0.05) is 17.6 Å². The molecule has 0 spiro atoms. The van der Waals surface area contributed by atoms with Crippen LogP contribution in [0.4, 0.5) is 4.39 Å². The highest BCUT2D eigenvalue weighted by Crippen LogP contribution is 2.12. The Bertz CT molecular complexity index is 394. The summed E-state index contributed by atoms with van der Waals surface area (Å²) in [5.74, 6) is -0.691. The van der Waals surface area contributed by atoms with Crippen molar-refractivity contribution in [3.05, 3.63) is 35.1 Å². The summed E-state index contributed by atoms with van der Waals surface area (Å²) in [6, 6.07) is 4.28. The molecule has 1 unspecified atom stereocenters. The molecule has 0 heterocycles. The molecule has 0 aliphatic heterocycles. The molecule has 0 saturated heterocycles. The number of amides is 1. The second-order valence-electron chi connectivity index (χ2n) is 4.59. The zero-order valence-electron chi connectivity index (χ0n) is 10.5. The molecular weight excluding hydrogens is 219 g/mol. The van der Waals surface area contributed by atoms with Gasteiger partial charge in [-0.3, -0.25) is 4.79 Å². The summed E-state index contributed by atoms with van der Waals surface area (Å²) in [6.07, 6.45) is 0.726. The van der Waals surface area contributed by atoms with Gasteiger partial charge >= 0.3 is 0 Å². The van der Waals surface area contributed by atoms with Crippen LogP contribution in [0.3, 0.4) is 0 Å². The van der Waals surface area contributed by atoms with Crippen LogP contribution in [0.1, 0.15) is 36.2 Å². The molecule has 3 N–H and O–H groups in total. The van der Waals surface area contributed by atoms with Crippen LogP contribution in [-0.4, -0.2) is 18.0 Å². The molecule has 0 fully saturated rings. The highest BCUT2D eigenvalue weighted by Gasteiger charge is 2.23. The quantitative estimate of drug-likeness (QED) is 0.842. The van der Waals surface area contributed by atoms with E-state index in [1.807, 2.05) is 13.8 Å². The van der Waals surface area contributed by atoms with Crippen LogP contribution in [0.15, 0.2) is 18.2 Å². The molecule has 17 heavy (non-hydrogen) atoms. The number of nitrogens with two attached hydrogens (primary N) is 1. The third kappa shape index (κ3) is 3.53. The molecule has 1 amide bonds. The first-order chi connectivity index (χ1) is 7.90. The van der Waals surface area contributed by atoms with Crippen LogP contribution in [-0.2, 0) is 0 Å². The van der Waals surface area contributed by atoms with Crippen LogP contribution in [0.25, 0.3) is 0 Å². The van der Waals surface area contributed by atoms with Crippen molar-refractivity contribution in [2.45, 2.75) is 32.7 Å². The second-order valence-corrected chi connectivity index (χ2v) is 4.59. The number of carbonyl (C=O) groups excluding carboxylic acids is 1. The van der Waals surface area contributed by atoms with E-state index in [0.717, 1.165) is 12.0 Å². The van der Waals surface area contributed by atoms with Gasteiger partial charge < -0.3 is 11.1 Å². The van der Waals surface area contributed by atoms with Gasteiger partial charge in [0.25, 0.3) is 5.91 Å². The number of rotatable bonds is 4. The van der Waals surface area contributed by atoms with E-state index in [4.69, 9.17) is 5.73 Å². The lowest BCUT2D eigenvalue weighted by Gasteiger charge is -2.28. The average Bonchev–Trinajstić information content (AvgIpc) is 2.27. The van der Waals surface area contributed by atoms with Crippen LogP contribution in [0, 0.1) is 12.7 Å². The molecule has 1 atom stereocenters. The van der Waals surface area contributed by atoms with E-state index in [1.54, 1.807) is 13.0 Å². The Morgan fingerprint density at radius 2 is 2.12 bits per heavy atom. The number of hydrogen-bond acceptors (Lipinski definition) is 2. The van der Waals surface area contributed by atoms with E-state index in [-0.39, 0.29) is 5.91 Å². The Labute approximate surface area is 101 Å². The molecule has 1 rings (SSSR count). The normalized spacial score (nSPS) is 14.2. The topological polar surface area (TPSA) is 55.1 Å². The van der Waals surface area contributed by atoms with Gasteiger partial charge in [-0.25, -0.2) is 4.39 Å². The number of hydrogen-bond donors (Lipinski definition) is 2. The third-order valence-electron chi connectivity index (χ3n) is 2.95. The van der Waals surface area contributed by atoms with E-state index < -0.39 is 11.4 Å². The number of aryl methyl sites for hydroxylation is 1. The Kier molecular flexibility index (Phi) is 4.23. The summed E-state index contributed by atoms with van der Waals surface area (Å²) in [4.78, 5) is 11.9. The van der Waals surface area contributed by atoms with E-state index in [2.05, 4.69) is 5.32 Å². The van der Waals surface area contributed by atoms with Crippen molar-refractivity contribution in [3.8, 4) is 0 Å². The molecule has 0 radical (unpaired) electrons. The molecule has 0 saturated carbocycles. The average molecular weight is 238 g/mol. The molecule has 4 heteroatoms. The Morgan fingerprint density at radius 1 is 1.47 bits per heavy atom. The van der Waals surface area contributed by atoms with Gasteiger partial charge in [0.2, 0.25) is 0 Å². The van der Waals surface area contributed by atoms with E-state index in [0.29, 0.717) is 12.1 Å². The summed E-state index contributed by atoms with van der Waals surface area (Å²) in [6.45, 7) is 5.92. The number of halogens is 1. The minimum Gasteiger partial charge on any atom is -0.346 e. The van der Waals surface area contributed by atoms with Crippen molar-refractivity contribution >= 4 is 5.91 Å². The summed E-state index contributed by atoms with van der Waals surface area (Å²) < 4.78 is 13.2. The summed E-state index contributed by atoms with van der Waals surface area (Å²) in [7, 11) is 0. The maximum Gasteiger partial charge on any atom is 0.251 e. The van der Waals surface area contributed by atoms with Crippen molar-refractivity contribution in [1.82, 2.24) is 5.32 Å². The van der Waals surface area contributed by atoms with E-state index >= 15 is 0 Å². The molecule has 1 aromatic carbocycles. The van der Waals surface area contributed by atoms with Gasteiger partial charge in [0.05, 0.1) is 0 Å². The Balaban J connectivity index is 2.90. The summed E-state index contributed by atoms with van der Waals surface area (Å²) >= 11 is 0. The van der Waals surface area contributed by atoms with Crippen LogP contribution in [0.2, 0.25) is 0 Å². The summed E-state index contributed by atoms with van der Waals surface area (Å²) in [5.41, 5.74) is 6.22. The smallest absolute Gasteiger partial charge is 0.251 e. The number of carbonyl (C=O) groups is 1. The molecular formula is C13H19FN2O. The predicted molar refractivity (Wildman–Crippen MR) is 66.4 cm³/mol. The van der Waals surface area contributed by atoms with Gasteiger partial charge in [-0.15, -0.1) is 0 Å². The van der Waals surface area contributed by atoms with Crippen molar-refractivity contribution in [1.29, 1.82) is 0 Å². The Hall–Kier alpha value is -1.42. The van der Waals surface area contributed by atoms with Crippen LogP contribution < -0.4 is 11.1 Å². The molecule has 0 aliphatic carbocycles. The molecule has 94 valence electrons. The fraction of sp³-hybridized carbons (Fsp3) is 0.462. The first-order valence-corrected chi connectivity index (χ1v) is 5.70. The van der Waals surface area contributed by atoms with Gasteiger partial charge in [0.15, 0.2) is 0 Å². The van der Waals surface area contributed by atoms with Gasteiger partial charge in [-0.1, -0.05) is 6.92 Å². The van der Waals surface area contributed by atoms with Gasteiger partial charge in [0.1, 0.15) is 5.82 Å². The monoisotopic (exact) mass is 238 g/mol. The third-order valence-corrected chi connectivity index (χ3v) is 2.95. The predicted octanol–water partition coefficient (Wildman–Crippen LogP) is 1.99. The first-order valence-electron chi connectivity index (χ1n) is 5.70. The molecule has 0 aromatic heterocycles. The fourth-order valence-electron chi connectivity index (χ4n) is 1.50. The SMILES string of the molecule is CCC(C)(CN)NC(=O)c1cc(C)cc(F)c1. The molecule has 3 nitrogen and oxygen atoms in total. The molecule has 1 aromatic rings. The molecule has 0 aliphatic rings. The van der Waals surface area contributed by atoms with E-state index in [9.17, 15) is 9.18 Å². The highest BCUT2D eigenvalue weighted by atomic mass is 19.1. The maximum atomic E-state index is 13.2. The van der Waals surface area contributed by atoms with Crippen molar-refractivity contribution in [3.63, 3.8) is 0 Å². The van der Waals surface area contributed by atoms with Gasteiger partial charge in [-0.05, 0) is 44.0 Å². The largest absolute Gasteiger partial charge is 0.346 e. The Morgan fingerprint density at radius 3 is 2.59 bits per heavy atom. The second kappa shape index (κ2) is 5.27. The highest BCUT2D eigenvalue weighted by molar-refractivity contribution is 5.94. The minimum absolute atomic E-state index is 0.289. The lowest BCUT2D eigenvalue weighted by Crippen LogP contribution is -2.50. The van der Waals surface area contributed by atoms with Crippen molar-refractivity contribution in [2.75, 3.05) is 6.54 Å². The van der Waals surface area contributed by atoms with Crippen molar-refractivity contribution in [2.24, 2.45) is 5.73 Å². The lowest BCUT2D eigenvalue weighted by molar-refractivity contribution is 0.0906. The zero-order valence-corrected chi connectivity index (χ0v) is 10.5. The van der Waals surface area contributed by atoms with Gasteiger partial charge in [-0.2, -0.15) is 0 Å². The molecule has 0 bridgehead atoms. The van der Waals surface area contributed by atoms with Crippen LogP contribution in [0.5, 0.6) is 0 Å². The fourth-order valence-corrected chi connectivity index (χ4v) is 1.50. The number of nitrogens with one attached hydrogen (secondary N) is 1. The van der Waals surface area contributed by atoms with Crippen molar-refractivity contribution < 1.29 is 9.18 Å². The van der Waals surface area contributed by atoms with Crippen LogP contribution >= 0.6 is 0 Å². The number of benzene rings is 1. The standard InChI is InChI=1S/C13H19FN2O/c1-4-13(3,8-15)16-12(17)10-5-9(2)6-11(14)7-10/h5-7H,4,8,15H2,1-3H3,(H,16,17). The first kappa shape index (κ1) is 13.6. The minimum atomic E-state index is -0.447. The lowest BCUT2D eigenvalue weighted by atomic mass is 9.98. The van der Waals surface area contributed by atoms with E-state index in [1.165, 1.54) is 12.1 Å². The zero-order chi connectivity index (χ0) is 13.1.